The summed E-state index contributed by atoms with van der Waals surface area (Å²) in [7, 11) is 0. The van der Waals surface area contributed by atoms with E-state index >= 15 is 0 Å². The van der Waals surface area contributed by atoms with Crippen LogP contribution in [0.25, 0.3) is 0 Å². The summed E-state index contributed by atoms with van der Waals surface area (Å²) in [6.45, 7) is 0.672. The first-order valence-electron chi connectivity index (χ1n) is 9.72. The molecule has 27 heavy (non-hydrogen) atoms. The van der Waals surface area contributed by atoms with Gasteiger partial charge >= 0.3 is 0 Å². The van der Waals surface area contributed by atoms with Gasteiger partial charge in [0.05, 0.1) is 6.10 Å². The van der Waals surface area contributed by atoms with Crippen molar-refractivity contribution >= 4 is 11.6 Å². The van der Waals surface area contributed by atoms with E-state index < -0.39 is 6.10 Å². The van der Waals surface area contributed by atoms with Crippen LogP contribution < -0.4 is 5.32 Å². The van der Waals surface area contributed by atoms with Gasteiger partial charge in [0.2, 0.25) is 0 Å². The number of halogens is 1. The van der Waals surface area contributed by atoms with E-state index in [4.69, 9.17) is 16.6 Å². The SMILES string of the molecule is OC[C@@H]1[C@@H](Cc2ccnc(C3CC3)n2)[C@H](NCc2cccc(Cl)c2)C[C@H]1O. The molecule has 2 aliphatic rings. The Morgan fingerprint density at radius 1 is 1.19 bits per heavy atom. The number of hydrogen-bond acceptors (Lipinski definition) is 5. The van der Waals surface area contributed by atoms with E-state index in [0.29, 0.717) is 18.9 Å². The first kappa shape index (κ1) is 18.8. The summed E-state index contributed by atoms with van der Waals surface area (Å²) in [5.41, 5.74) is 2.11. The molecular weight excluding hydrogens is 362 g/mol. The molecule has 1 aromatic carbocycles. The molecule has 0 saturated heterocycles. The minimum atomic E-state index is -0.499. The Labute approximate surface area is 164 Å². The van der Waals surface area contributed by atoms with Crippen LogP contribution in [0.15, 0.2) is 36.5 Å². The van der Waals surface area contributed by atoms with Crippen molar-refractivity contribution in [2.45, 2.75) is 50.3 Å². The van der Waals surface area contributed by atoms with Gasteiger partial charge in [-0.2, -0.15) is 0 Å². The molecule has 2 aliphatic carbocycles. The van der Waals surface area contributed by atoms with E-state index in [9.17, 15) is 10.2 Å². The summed E-state index contributed by atoms with van der Waals surface area (Å²) in [4.78, 5) is 9.13. The fourth-order valence-corrected chi connectivity index (χ4v) is 4.39. The largest absolute Gasteiger partial charge is 0.396 e. The van der Waals surface area contributed by atoms with Crippen LogP contribution in [-0.4, -0.2) is 38.9 Å². The molecule has 1 heterocycles. The summed E-state index contributed by atoms with van der Waals surface area (Å²) in [6.07, 6.45) is 5.06. The highest BCUT2D eigenvalue weighted by Gasteiger charge is 2.42. The second-order valence-corrected chi connectivity index (χ2v) is 8.25. The summed E-state index contributed by atoms with van der Waals surface area (Å²) >= 11 is 6.08. The highest BCUT2D eigenvalue weighted by molar-refractivity contribution is 6.30. The lowest BCUT2D eigenvalue weighted by molar-refractivity contribution is 0.0716. The second-order valence-electron chi connectivity index (χ2n) is 7.82. The van der Waals surface area contributed by atoms with Crippen molar-refractivity contribution in [2.24, 2.45) is 11.8 Å². The van der Waals surface area contributed by atoms with Crippen LogP contribution >= 0.6 is 11.6 Å². The summed E-state index contributed by atoms with van der Waals surface area (Å²) in [6, 6.07) is 9.87. The zero-order valence-corrected chi connectivity index (χ0v) is 16.0. The number of rotatable bonds is 7. The molecule has 2 aromatic rings. The highest BCUT2D eigenvalue weighted by atomic mass is 35.5. The molecule has 0 radical (unpaired) electrons. The van der Waals surface area contributed by atoms with Crippen LogP contribution in [0, 0.1) is 11.8 Å². The Hall–Kier alpha value is -1.53. The lowest BCUT2D eigenvalue weighted by Gasteiger charge is -2.25. The van der Waals surface area contributed by atoms with Gasteiger partial charge in [-0.1, -0.05) is 23.7 Å². The Bertz CT molecular complexity index is 784. The van der Waals surface area contributed by atoms with Crippen molar-refractivity contribution in [3.05, 3.63) is 58.6 Å². The first-order valence-corrected chi connectivity index (χ1v) is 10.1. The van der Waals surface area contributed by atoms with Gasteiger partial charge in [-0.15, -0.1) is 0 Å². The van der Waals surface area contributed by atoms with Gasteiger partial charge in [-0.25, -0.2) is 9.97 Å². The van der Waals surface area contributed by atoms with E-state index in [1.165, 1.54) is 12.8 Å². The van der Waals surface area contributed by atoms with Crippen molar-refractivity contribution in [1.82, 2.24) is 15.3 Å². The average molecular weight is 388 g/mol. The molecule has 3 N–H and O–H groups in total. The van der Waals surface area contributed by atoms with Crippen molar-refractivity contribution in [1.29, 1.82) is 0 Å². The Balaban J connectivity index is 1.47. The summed E-state index contributed by atoms with van der Waals surface area (Å²) < 4.78 is 0. The van der Waals surface area contributed by atoms with E-state index in [1.807, 2.05) is 36.5 Å². The second kappa shape index (κ2) is 8.23. The number of aromatic nitrogens is 2. The lowest BCUT2D eigenvalue weighted by atomic mass is 9.88. The molecule has 2 fully saturated rings. The van der Waals surface area contributed by atoms with Crippen LogP contribution in [0.4, 0.5) is 0 Å². The Morgan fingerprint density at radius 3 is 2.78 bits per heavy atom. The van der Waals surface area contributed by atoms with E-state index in [0.717, 1.165) is 28.5 Å². The number of hydrogen-bond donors (Lipinski definition) is 3. The number of benzene rings is 1. The normalized spacial score (nSPS) is 27.8. The van der Waals surface area contributed by atoms with Crippen molar-refractivity contribution in [3.8, 4) is 0 Å². The molecule has 0 amide bonds. The predicted molar refractivity (Wildman–Crippen MR) is 104 cm³/mol. The van der Waals surface area contributed by atoms with Gasteiger partial charge in [0.1, 0.15) is 5.82 Å². The zero-order chi connectivity index (χ0) is 18.8. The number of aliphatic hydroxyl groups excluding tert-OH is 2. The van der Waals surface area contributed by atoms with Gasteiger partial charge in [0.25, 0.3) is 0 Å². The minimum Gasteiger partial charge on any atom is -0.396 e. The molecule has 5 nitrogen and oxygen atoms in total. The van der Waals surface area contributed by atoms with E-state index in [2.05, 4.69) is 10.3 Å². The van der Waals surface area contributed by atoms with E-state index in [1.54, 1.807) is 0 Å². The van der Waals surface area contributed by atoms with Crippen LogP contribution in [0.3, 0.4) is 0 Å². The van der Waals surface area contributed by atoms with Crippen molar-refractivity contribution in [3.63, 3.8) is 0 Å². The smallest absolute Gasteiger partial charge is 0.131 e. The van der Waals surface area contributed by atoms with Gasteiger partial charge in [-0.3, -0.25) is 0 Å². The van der Waals surface area contributed by atoms with Gasteiger partial charge in [0, 0.05) is 47.9 Å². The maximum Gasteiger partial charge on any atom is 0.131 e. The molecule has 4 rings (SSSR count). The molecular formula is C21H26ClN3O2. The molecule has 0 aliphatic heterocycles. The van der Waals surface area contributed by atoms with Gasteiger partial charge in [-0.05, 0) is 55.4 Å². The third-order valence-corrected chi connectivity index (χ3v) is 6.08. The minimum absolute atomic E-state index is 0.0122. The average Bonchev–Trinajstić information content (AvgIpc) is 3.46. The van der Waals surface area contributed by atoms with Crippen LogP contribution in [0.5, 0.6) is 0 Å². The van der Waals surface area contributed by atoms with Crippen molar-refractivity contribution < 1.29 is 10.2 Å². The fraction of sp³-hybridized carbons (Fsp3) is 0.524. The first-order chi connectivity index (χ1) is 13.1. The van der Waals surface area contributed by atoms with Crippen LogP contribution in [0.2, 0.25) is 5.02 Å². The quantitative estimate of drug-likeness (QED) is 0.680. The molecule has 4 atom stereocenters. The monoisotopic (exact) mass is 387 g/mol. The maximum atomic E-state index is 10.4. The predicted octanol–water partition coefficient (Wildman–Crippen LogP) is 2.70. The molecule has 0 spiro atoms. The number of aliphatic hydroxyl groups is 2. The van der Waals surface area contributed by atoms with Crippen LogP contribution in [0.1, 0.15) is 42.3 Å². The highest BCUT2D eigenvalue weighted by Crippen LogP contribution is 2.39. The topological polar surface area (TPSA) is 78.3 Å². The molecule has 2 saturated carbocycles. The molecule has 0 unspecified atom stereocenters. The summed E-state index contributed by atoms with van der Waals surface area (Å²) in [5, 5.41) is 24.6. The third kappa shape index (κ3) is 4.49. The maximum absolute atomic E-state index is 10.4. The van der Waals surface area contributed by atoms with E-state index in [-0.39, 0.29) is 24.5 Å². The fourth-order valence-electron chi connectivity index (χ4n) is 4.18. The van der Waals surface area contributed by atoms with Gasteiger partial charge in [0.15, 0.2) is 0 Å². The molecule has 0 bridgehead atoms. The van der Waals surface area contributed by atoms with Crippen LogP contribution in [-0.2, 0) is 13.0 Å². The van der Waals surface area contributed by atoms with Crippen molar-refractivity contribution in [2.75, 3.05) is 6.61 Å². The Kier molecular flexibility index (Phi) is 5.74. The molecule has 1 aromatic heterocycles. The molecule has 6 heteroatoms. The number of nitrogens with one attached hydrogen (secondary N) is 1. The summed E-state index contributed by atoms with van der Waals surface area (Å²) in [5.74, 6) is 1.45. The third-order valence-electron chi connectivity index (χ3n) is 5.84. The molecule has 144 valence electrons. The Morgan fingerprint density at radius 2 is 2.04 bits per heavy atom. The lowest BCUT2D eigenvalue weighted by Crippen LogP contribution is -2.36. The standard InChI is InChI=1S/C21H26ClN3O2/c22-15-3-1-2-13(8-15)11-24-19-10-20(27)18(12-26)17(19)9-16-6-7-23-21(25-16)14-4-5-14/h1-3,6-8,14,17-20,24,26-27H,4-5,9-12H2/t17-,18-,19-,20-/m1/s1. The number of nitrogens with zero attached hydrogens (tertiary/aromatic N) is 2. The zero-order valence-electron chi connectivity index (χ0n) is 15.3. The van der Waals surface area contributed by atoms with Gasteiger partial charge < -0.3 is 15.5 Å².